The number of carbonyl (C=O) groups excluding carboxylic acids is 2. The number of ether oxygens (including phenoxy) is 1. The van der Waals surface area contributed by atoms with Crippen molar-refractivity contribution in [2.75, 3.05) is 45.9 Å². The van der Waals surface area contributed by atoms with Crippen LogP contribution >= 0.6 is 22.9 Å². The summed E-state index contributed by atoms with van der Waals surface area (Å²) in [6, 6.07) is 2.90. The lowest BCUT2D eigenvalue weighted by atomic mass is 9.88. The van der Waals surface area contributed by atoms with Crippen LogP contribution in [0.5, 0.6) is 0 Å². The van der Waals surface area contributed by atoms with Crippen molar-refractivity contribution in [1.82, 2.24) is 19.7 Å². The first-order valence-corrected chi connectivity index (χ1v) is 13.9. The Kier molecular flexibility index (Phi) is 8.24. The Morgan fingerprint density at radius 1 is 1.28 bits per heavy atom. The first-order chi connectivity index (χ1) is 18.8. The molecule has 2 saturated heterocycles. The Morgan fingerprint density at radius 3 is 2.82 bits per heavy atom. The number of fused-ring (bicyclic) bond motifs is 1. The van der Waals surface area contributed by atoms with Crippen molar-refractivity contribution in [2.24, 2.45) is 4.99 Å². The van der Waals surface area contributed by atoms with E-state index in [4.69, 9.17) is 21.3 Å². The van der Waals surface area contributed by atoms with Gasteiger partial charge in [-0.1, -0.05) is 23.7 Å². The van der Waals surface area contributed by atoms with Crippen molar-refractivity contribution >= 4 is 40.6 Å². The highest BCUT2D eigenvalue weighted by molar-refractivity contribution is 7.11. The number of dihydropyridines is 1. The molecule has 0 saturated carbocycles. The van der Waals surface area contributed by atoms with E-state index in [1.54, 1.807) is 24.1 Å². The number of aromatic nitrogens is 1. The van der Waals surface area contributed by atoms with Crippen molar-refractivity contribution in [2.45, 2.75) is 31.9 Å². The van der Waals surface area contributed by atoms with Crippen molar-refractivity contribution in [3.8, 4) is 0 Å². The average Bonchev–Trinajstić information content (AvgIpc) is 3.54. The first kappa shape index (κ1) is 27.6. The molecular weight excluding hydrogens is 555 g/mol. The first-order valence-electron chi connectivity index (χ1n) is 12.6. The maximum absolute atomic E-state index is 14.5. The summed E-state index contributed by atoms with van der Waals surface area (Å²) in [5.74, 6) is -1.18. The predicted molar refractivity (Wildman–Crippen MR) is 141 cm³/mol. The van der Waals surface area contributed by atoms with Crippen molar-refractivity contribution in [3.63, 3.8) is 0 Å². The van der Waals surface area contributed by atoms with E-state index < -0.39 is 30.8 Å². The molecule has 1 aromatic heterocycles. The van der Waals surface area contributed by atoms with Gasteiger partial charge in [-0.25, -0.2) is 27.7 Å². The third kappa shape index (κ3) is 5.68. The second-order valence-electron chi connectivity index (χ2n) is 9.53. The minimum atomic E-state index is -2.60. The number of thiazole rings is 1. The van der Waals surface area contributed by atoms with Crippen LogP contribution in [0, 0.1) is 5.82 Å². The second kappa shape index (κ2) is 11.6. The lowest BCUT2D eigenvalue weighted by Gasteiger charge is -2.38. The van der Waals surface area contributed by atoms with Crippen LogP contribution in [0.3, 0.4) is 0 Å². The summed E-state index contributed by atoms with van der Waals surface area (Å²) < 4.78 is 45.9. The zero-order valence-electron chi connectivity index (χ0n) is 21.2. The van der Waals surface area contributed by atoms with Crippen molar-refractivity contribution in [3.05, 3.63) is 62.3 Å². The number of rotatable bonds is 8. The standard InChI is InChI=1S/C26H27ClF3N5O3S/c1-2-38-25(36)21-15(11-33-7-8-35-16(12-33)13-34(26(35)37)14-20(29)30)10-19(24-31-6-9-39-24)32-23(21)17-4-3-5-18(28)22(17)27/h3-6,9,16,20,23H,2,7-8,10-14H2,1H3/t16-,23-/m0/s1. The molecule has 5 rings (SSSR count). The number of urea groups is 1. The molecule has 13 heteroatoms. The molecule has 0 unspecified atom stereocenters. The lowest BCUT2D eigenvalue weighted by molar-refractivity contribution is -0.139. The quantitative estimate of drug-likeness (QED) is 0.432. The summed E-state index contributed by atoms with van der Waals surface area (Å²) in [6.45, 7) is 3.18. The van der Waals surface area contributed by atoms with Gasteiger partial charge in [0.25, 0.3) is 6.43 Å². The minimum absolute atomic E-state index is 0.120. The number of halogens is 4. The van der Waals surface area contributed by atoms with Gasteiger partial charge in [0.1, 0.15) is 16.9 Å². The molecule has 2 amide bonds. The molecular formula is C26H27ClF3N5O3S. The third-order valence-electron chi connectivity index (χ3n) is 7.06. The second-order valence-corrected chi connectivity index (χ2v) is 10.8. The molecule has 39 heavy (non-hydrogen) atoms. The van der Waals surface area contributed by atoms with E-state index in [2.05, 4.69) is 9.88 Å². The number of hydrogen-bond donors (Lipinski definition) is 0. The maximum Gasteiger partial charge on any atom is 0.336 e. The molecule has 3 aliphatic heterocycles. The van der Waals surface area contributed by atoms with Gasteiger partial charge in [-0.05, 0) is 18.6 Å². The van der Waals surface area contributed by atoms with E-state index >= 15 is 0 Å². The van der Waals surface area contributed by atoms with E-state index in [0.29, 0.717) is 54.5 Å². The van der Waals surface area contributed by atoms with Crippen LogP contribution in [0.4, 0.5) is 18.0 Å². The van der Waals surface area contributed by atoms with Crippen molar-refractivity contribution < 1.29 is 27.5 Å². The predicted octanol–water partition coefficient (Wildman–Crippen LogP) is 4.42. The van der Waals surface area contributed by atoms with Crippen molar-refractivity contribution in [1.29, 1.82) is 0 Å². The number of aliphatic imine (C=N–C) groups is 1. The highest BCUT2D eigenvalue weighted by atomic mass is 35.5. The highest BCUT2D eigenvalue weighted by Crippen LogP contribution is 2.40. The minimum Gasteiger partial charge on any atom is -0.463 e. The molecule has 2 aromatic rings. The number of benzene rings is 1. The molecule has 0 aliphatic carbocycles. The fourth-order valence-corrected chi connectivity index (χ4v) is 6.25. The van der Waals surface area contributed by atoms with E-state index in [1.165, 1.54) is 28.4 Å². The molecule has 0 radical (unpaired) electrons. The zero-order chi connectivity index (χ0) is 27.7. The molecule has 0 bridgehead atoms. The number of alkyl halides is 2. The van der Waals surface area contributed by atoms with Gasteiger partial charge >= 0.3 is 12.0 Å². The van der Waals surface area contributed by atoms with E-state index in [0.717, 1.165) is 5.57 Å². The molecule has 2 atom stereocenters. The van der Waals surface area contributed by atoms with E-state index in [9.17, 15) is 22.8 Å². The van der Waals surface area contributed by atoms with Crippen LogP contribution in [-0.2, 0) is 9.53 Å². The van der Waals surface area contributed by atoms with Gasteiger partial charge in [-0.2, -0.15) is 0 Å². The van der Waals surface area contributed by atoms with Gasteiger partial charge in [0, 0.05) is 56.3 Å². The Hall–Kier alpha value is -2.96. The number of piperazine rings is 1. The van der Waals surface area contributed by atoms with Gasteiger partial charge in [0.05, 0.1) is 35.5 Å². The van der Waals surface area contributed by atoms with Crippen LogP contribution in [0.15, 0.2) is 45.9 Å². The number of hydrogen-bond acceptors (Lipinski definition) is 7. The zero-order valence-corrected chi connectivity index (χ0v) is 22.7. The van der Waals surface area contributed by atoms with Gasteiger partial charge in [0.2, 0.25) is 0 Å². The number of nitrogens with zero attached hydrogens (tertiary/aromatic N) is 5. The topological polar surface area (TPSA) is 78.3 Å². The molecule has 2 fully saturated rings. The fourth-order valence-electron chi connectivity index (χ4n) is 5.39. The lowest BCUT2D eigenvalue weighted by Crippen LogP contribution is -2.52. The highest BCUT2D eigenvalue weighted by Gasteiger charge is 2.42. The molecule has 8 nitrogen and oxygen atoms in total. The van der Waals surface area contributed by atoms with E-state index in [-0.39, 0.29) is 30.2 Å². The van der Waals surface area contributed by atoms with E-state index in [1.807, 2.05) is 5.38 Å². The van der Waals surface area contributed by atoms with Crippen LogP contribution in [0.25, 0.3) is 0 Å². The Bertz CT molecular complexity index is 1310. The van der Waals surface area contributed by atoms with Crippen LogP contribution in [-0.4, -0.2) is 95.7 Å². The van der Waals surface area contributed by atoms with Gasteiger partial charge in [-0.3, -0.25) is 9.89 Å². The van der Waals surface area contributed by atoms with Gasteiger partial charge < -0.3 is 14.5 Å². The average molecular weight is 582 g/mol. The number of esters is 1. The number of amides is 2. The summed E-state index contributed by atoms with van der Waals surface area (Å²) in [6.07, 6.45) is -0.605. The molecule has 208 valence electrons. The Labute approximate surface area is 232 Å². The normalized spacial score (nSPS) is 22.0. The third-order valence-corrected chi connectivity index (χ3v) is 8.28. The Morgan fingerprint density at radius 2 is 2.10 bits per heavy atom. The summed E-state index contributed by atoms with van der Waals surface area (Å²) in [5, 5.41) is 2.39. The summed E-state index contributed by atoms with van der Waals surface area (Å²) in [7, 11) is 0. The fraction of sp³-hybridized carbons (Fsp3) is 0.462. The Balaban J connectivity index is 1.49. The molecule has 0 spiro atoms. The molecule has 3 aliphatic rings. The summed E-state index contributed by atoms with van der Waals surface area (Å²) >= 11 is 7.78. The maximum atomic E-state index is 14.5. The summed E-state index contributed by atoms with van der Waals surface area (Å²) in [5.41, 5.74) is 2.03. The van der Waals surface area contributed by atoms with Gasteiger partial charge in [-0.15, -0.1) is 11.3 Å². The smallest absolute Gasteiger partial charge is 0.336 e. The van der Waals surface area contributed by atoms with Crippen LogP contribution in [0.2, 0.25) is 5.02 Å². The summed E-state index contributed by atoms with van der Waals surface area (Å²) in [4.78, 5) is 40.1. The molecule has 0 N–H and O–H groups in total. The largest absolute Gasteiger partial charge is 0.463 e. The molecule has 4 heterocycles. The van der Waals surface area contributed by atoms with Gasteiger partial charge in [0.15, 0.2) is 0 Å². The monoisotopic (exact) mass is 581 g/mol. The molecule has 1 aromatic carbocycles. The van der Waals surface area contributed by atoms with Crippen LogP contribution in [0.1, 0.15) is 30.0 Å². The number of carbonyl (C=O) groups is 2. The van der Waals surface area contributed by atoms with Crippen LogP contribution < -0.4 is 0 Å². The SMILES string of the molecule is CCOC(=O)C1=C(CN2CCN3C(=O)N(CC(F)F)C[C@@H]3C2)CC(c2nccs2)=N[C@H]1c1cccc(F)c1Cl.